The number of anilines is 1. The molecule has 30 heavy (non-hydrogen) atoms. The third kappa shape index (κ3) is 4.81. The highest BCUT2D eigenvalue weighted by Gasteiger charge is 2.10. The molecule has 5 heteroatoms. The van der Waals surface area contributed by atoms with E-state index >= 15 is 0 Å². The summed E-state index contributed by atoms with van der Waals surface area (Å²) in [5.41, 5.74) is 3.45. The van der Waals surface area contributed by atoms with Crippen LogP contribution < -0.4 is 10.9 Å². The minimum Gasteiger partial charge on any atom is -0.369 e. The maximum Gasteiger partial charge on any atom is 0.268 e. The Morgan fingerprint density at radius 2 is 1.53 bits per heavy atom. The molecule has 0 saturated heterocycles. The molecule has 0 aliphatic rings. The molecule has 2 heterocycles. The number of fused-ring (bicyclic) bond motifs is 1. The van der Waals surface area contributed by atoms with E-state index in [2.05, 4.69) is 39.6 Å². The van der Waals surface area contributed by atoms with Crippen LogP contribution in [0.5, 0.6) is 0 Å². The topological polar surface area (TPSA) is 58.8 Å². The van der Waals surface area contributed by atoms with E-state index in [0.29, 0.717) is 30.1 Å². The summed E-state index contributed by atoms with van der Waals surface area (Å²) in [5.74, 6) is 0.575. The van der Waals surface area contributed by atoms with E-state index in [1.807, 2.05) is 54.6 Å². The zero-order valence-corrected chi connectivity index (χ0v) is 16.7. The third-order valence-corrected chi connectivity index (χ3v) is 4.91. The molecule has 0 saturated carbocycles. The Balaban J connectivity index is 1.54. The molecule has 2 aromatic heterocycles. The predicted octanol–water partition coefficient (Wildman–Crippen LogP) is 4.01. The maximum absolute atomic E-state index is 13.0. The fourth-order valence-corrected chi connectivity index (χ4v) is 3.32. The molecule has 0 aliphatic carbocycles. The predicted molar refractivity (Wildman–Crippen MR) is 123 cm³/mol. The number of hydrogen-bond acceptors (Lipinski definition) is 4. The van der Waals surface area contributed by atoms with Crippen LogP contribution in [0.15, 0.2) is 94.8 Å². The van der Waals surface area contributed by atoms with E-state index in [-0.39, 0.29) is 5.56 Å². The van der Waals surface area contributed by atoms with Crippen LogP contribution in [0.3, 0.4) is 0 Å². The van der Waals surface area contributed by atoms with Crippen LogP contribution in [0.1, 0.15) is 16.7 Å². The summed E-state index contributed by atoms with van der Waals surface area (Å²) in [6.45, 7) is 1.30. The van der Waals surface area contributed by atoms with Crippen molar-refractivity contribution in [2.24, 2.45) is 4.99 Å². The summed E-state index contributed by atoms with van der Waals surface area (Å²) in [6, 6.07) is 26.0. The van der Waals surface area contributed by atoms with Crippen LogP contribution in [0.25, 0.3) is 5.65 Å². The van der Waals surface area contributed by atoms with E-state index in [9.17, 15) is 4.79 Å². The van der Waals surface area contributed by atoms with Crippen molar-refractivity contribution >= 4 is 17.7 Å². The number of hydrogen-bond donors (Lipinski definition) is 1. The Morgan fingerprint density at radius 3 is 2.27 bits per heavy atom. The quantitative estimate of drug-likeness (QED) is 0.458. The molecule has 1 N–H and O–H groups in total. The monoisotopic (exact) mass is 396 g/mol. The largest absolute Gasteiger partial charge is 0.369 e. The van der Waals surface area contributed by atoms with Crippen LogP contribution in [0.4, 0.5) is 5.82 Å². The Morgan fingerprint density at radius 1 is 0.867 bits per heavy atom. The second kappa shape index (κ2) is 9.65. The first-order chi connectivity index (χ1) is 14.8. The smallest absolute Gasteiger partial charge is 0.268 e. The minimum atomic E-state index is -0.119. The standard InChI is InChI=1S/C25H24N4O/c30-25-22(19-26-16-14-20-9-3-1-4-10-20)24(28-23-13-7-8-18-29(23)25)27-17-15-21-11-5-2-6-12-21/h1-13,18-19,27H,14-17H2. The Bertz CT molecular complexity index is 1180. The number of aliphatic imine (C=N–C) groups is 1. The first-order valence-electron chi connectivity index (χ1n) is 10.1. The van der Waals surface area contributed by atoms with Crippen LogP contribution >= 0.6 is 0 Å². The number of aromatic nitrogens is 2. The zero-order valence-electron chi connectivity index (χ0n) is 16.7. The summed E-state index contributed by atoms with van der Waals surface area (Å²) >= 11 is 0. The normalized spacial score (nSPS) is 11.2. The lowest BCUT2D eigenvalue weighted by atomic mass is 10.1. The molecule has 5 nitrogen and oxygen atoms in total. The minimum absolute atomic E-state index is 0.119. The van der Waals surface area contributed by atoms with Gasteiger partial charge in [-0.3, -0.25) is 14.2 Å². The molecule has 150 valence electrons. The third-order valence-electron chi connectivity index (χ3n) is 4.91. The SMILES string of the molecule is O=c1c(C=NCCc2ccccc2)c(NCCc2ccccc2)nc2ccccn12. The lowest BCUT2D eigenvalue weighted by Gasteiger charge is -2.10. The molecule has 0 aliphatic heterocycles. The van der Waals surface area contributed by atoms with Gasteiger partial charge in [0.1, 0.15) is 17.0 Å². The molecule has 0 fully saturated rings. The summed E-state index contributed by atoms with van der Waals surface area (Å²) in [7, 11) is 0. The average molecular weight is 396 g/mol. The molecule has 0 bridgehead atoms. The molecule has 0 spiro atoms. The van der Waals surface area contributed by atoms with Gasteiger partial charge >= 0.3 is 0 Å². The van der Waals surface area contributed by atoms with E-state index in [4.69, 9.17) is 0 Å². The number of pyridine rings is 1. The molecular weight excluding hydrogens is 372 g/mol. The van der Waals surface area contributed by atoms with Gasteiger partial charge in [-0.25, -0.2) is 4.98 Å². The van der Waals surface area contributed by atoms with E-state index < -0.39 is 0 Å². The van der Waals surface area contributed by atoms with Gasteiger partial charge in [0.25, 0.3) is 5.56 Å². The average Bonchev–Trinajstić information content (AvgIpc) is 2.80. The lowest BCUT2D eigenvalue weighted by Crippen LogP contribution is -2.23. The van der Waals surface area contributed by atoms with E-state index in [1.165, 1.54) is 11.1 Å². The fourth-order valence-electron chi connectivity index (χ4n) is 3.32. The van der Waals surface area contributed by atoms with Gasteiger partial charge in [-0.15, -0.1) is 0 Å². The van der Waals surface area contributed by atoms with Gasteiger partial charge in [0, 0.05) is 25.5 Å². The van der Waals surface area contributed by atoms with Crippen molar-refractivity contribution in [3.63, 3.8) is 0 Å². The van der Waals surface area contributed by atoms with Crippen LogP contribution in [-0.2, 0) is 12.8 Å². The highest BCUT2D eigenvalue weighted by Crippen LogP contribution is 2.10. The Hall–Kier alpha value is -3.73. The number of nitrogens with zero attached hydrogens (tertiary/aromatic N) is 3. The van der Waals surface area contributed by atoms with Gasteiger partial charge in [-0.1, -0.05) is 66.7 Å². The van der Waals surface area contributed by atoms with E-state index in [0.717, 1.165) is 12.8 Å². The molecule has 4 aromatic rings. The second-order valence-electron chi connectivity index (χ2n) is 7.04. The highest BCUT2D eigenvalue weighted by atomic mass is 16.1. The Kier molecular flexibility index (Phi) is 6.30. The summed E-state index contributed by atoms with van der Waals surface area (Å²) < 4.78 is 1.56. The molecule has 0 radical (unpaired) electrons. The number of benzene rings is 2. The van der Waals surface area contributed by atoms with Gasteiger partial charge < -0.3 is 5.32 Å². The molecule has 0 unspecified atom stereocenters. The maximum atomic E-state index is 13.0. The van der Waals surface area contributed by atoms with Crippen molar-refractivity contribution in [3.05, 3.63) is 112 Å². The molecule has 4 rings (SSSR count). The first kappa shape index (κ1) is 19.6. The molecule has 0 atom stereocenters. The van der Waals surface area contributed by atoms with Crippen molar-refractivity contribution < 1.29 is 0 Å². The highest BCUT2D eigenvalue weighted by molar-refractivity contribution is 5.86. The van der Waals surface area contributed by atoms with Crippen molar-refractivity contribution in [2.45, 2.75) is 12.8 Å². The van der Waals surface area contributed by atoms with Crippen molar-refractivity contribution in [1.82, 2.24) is 9.38 Å². The van der Waals surface area contributed by atoms with Gasteiger partial charge in [0.2, 0.25) is 0 Å². The summed E-state index contributed by atoms with van der Waals surface area (Å²) in [5, 5.41) is 3.34. The zero-order chi connectivity index (χ0) is 20.6. The second-order valence-corrected chi connectivity index (χ2v) is 7.04. The molecule has 2 aromatic carbocycles. The van der Waals surface area contributed by atoms with Gasteiger partial charge in [0.15, 0.2) is 0 Å². The van der Waals surface area contributed by atoms with Gasteiger partial charge in [0.05, 0.1) is 0 Å². The van der Waals surface area contributed by atoms with Crippen LogP contribution in [0, 0.1) is 0 Å². The summed E-state index contributed by atoms with van der Waals surface area (Å²) in [4.78, 5) is 22.2. The fraction of sp³-hybridized carbons (Fsp3) is 0.160. The van der Waals surface area contributed by atoms with Crippen molar-refractivity contribution in [1.29, 1.82) is 0 Å². The lowest BCUT2D eigenvalue weighted by molar-refractivity contribution is 0.966. The number of rotatable bonds is 8. The van der Waals surface area contributed by atoms with E-state index in [1.54, 1.807) is 16.8 Å². The van der Waals surface area contributed by atoms with Crippen LogP contribution in [0.2, 0.25) is 0 Å². The van der Waals surface area contributed by atoms with Gasteiger partial charge in [-0.2, -0.15) is 0 Å². The summed E-state index contributed by atoms with van der Waals surface area (Å²) in [6.07, 6.45) is 5.07. The van der Waals surface area contributed by atoms with Crippen LogP contribution in [-0.4, -0.2) is 28.7 Å². The van der Waals surface area contributed by atoms with Crippen molar-refractivity contribution in [3.8, 4) is 0 Å². The molecular formula is C25H24N4O. The Labute approximate surface area is 175 Å². The van der Waals surface area contributed by atoms with Crippen molar-refractivity contribution in [2.75, 3.05) is 18.4 Å². The number of nitrogens with one attached hydrogen (secondary N) is 1. The first-order valence-corrected chi connectivity index (χ1v) is 10.1. The molecule has 0 amide bonds. The van der Waals surface area contributed by atoms with Gasteiger partial charge in [-0.05, 0) is 36.1 Å².